The molecule has 1 saturated heterocycles. The molecule has 0 spiro atoms. The molecule has 1 aromatic heterocycles. The number of carbonyl (C=O) groups excluding carboxylic acids is 2. The number of nitrogens with one attached hydrogen (secondary N) is 2. The van der Waals surface area contributed by atoms with E-state index >= 15 is 0 Å². The summed E-state index contributed by atoms with van der Waals surface area (Å²) in [7, 11) is 0. The lowest BCUT2D eigenvalue weighted by atomic mass is 10.1. The van der Waals surface area contributed by atoms with Gasteiger partial charge in [0.05, 0.1) is 6.54 Å². The topological polar surface area (TPSA) is 74.3 Å². The maximum atomic E-state index is 12.4. The van der Waals surface area contributed by atoms with Gasteiger partial charge in [0.2, 0.25) is 5.91 Å². The number of amides is 2. The molecule has 4 rings (SSSR count). The third-order valence-corrected chi connectivity index (χ3v) is 5.72. The largest absolute Gasteiger partial charge is 0.360 e. The molecule has 1 aliphatic rings. The molecule has 2 aromatic carbocycles. The summed E-state index contributed by atoms with van der Waals surface area (Å²) in [5.41, 5.74) is 4.65. The zero-order chi connectivity index (χ0) is 20.2. The number of thiazole rings is 1. The number of hydrogen-bond acceptors (Lipinski definition) is 5. The molecule has 0 saturated carbocycles. The SMILES string of the molecule is Cc1ccc(-c2nc(C(=O)NCc3ccc(N4CCNC(=O)C4)cc3)cs2)cc1. The Morgan fingerprint density at radius 3 is 2.66 bits per heavy atom. The molecule has 0 aliphatic carbocycles. The molecule has 0 atom stereocenters. The van der Waals surface area contributed by atoms with Crippen molar-refractivity contribution in [3.8, 4) is 10.6 Å². The Hall–Kier alpha value is -3.19. The van der Waals surface area contributed by atoms with E-state index in [-0.39, 0.29) is 11.8 Å². The van der Waals surface area contributed by atoms with E-state index in [0.717, 1.165) is 28.4 Å². The Morgan fingerprint density at radius 2 is 1.93 bits per heavy atom. The van der Waals surface area contributed by atoms with E-state index < -0.39 is 0 Å². The number of benzene rings is 2. The molecule has 0 bridgehead atoms. The molecule has 0 radical (unpaired) electrons. The molecular formula is C22H22N4O2S. The summed E-state index contributed by atoms with van der Waals surface area (Å²) in [5.74, 6) is -0.141. The van der Waals surface area contributed by atoms with Gasteiger partial charge in [0.15, 0.2) is 0 Å². The standard InChI is InChI=1S/C22H22N4O2S/c1-15-2-6-17(7-3-15)22-25-19(14-29-22)21(28)24-12-16-4-8-18(9-5-16)26-11-10-23-20(27)13-26/h2-9,14H,10-13H2,1H3,(H,23,27)(H,24,28). The smallest absolute Gasteiger partial charge is 0.271 e. The number of anilines is 1. The Balaban J connectivity index is 1.35. The molecule has 2 amide bonds. The lowest BCUT2D eigenvalue weighted by molar-refractivity contribution is -0.120. The first-order chi connectivity index (χ1) is 14.1. The van der Waals surface area contributed by atoms with E-state index in [1.54, 1.807) is 5.38 Å². The fourth-order valence-electron chi connectivity index (χ4n) is 3.16. The molecule has 1 fully saturated rings. The first kappa shape index (κ1) is 19.1. The monoisotopic (exact) mass is 406 g/mol. The van der Waals surface area contributed by atoms with Crippen LogP contribution < -0.4 is 15.5 Å². The molecule has 148 valence electrons. The molecule has 7 heteroatoms. The summed E-state index contributed by atoms with van der Waals surface area (Å²) in [5, 5.41) is 8.37. The van der Waals surface area contributed by atoms with Crippen molar-refractivity contribution in [3.63, 3.8) is 0 Å². The predicted molar refractivity (Wildman–Crippen MR) is 115 cm³/mol. The average Bonchev–Trinajstić information content (AvgIpc) is 3.23. The van der Waals surface area contributed by atoms with Crippen LogP contribution in [0, 0.1) is 6.92 Å². The number of nitrogens with zero attached hydrogens (tertiary/aromatic N) is 2. The lowest BCUT2D eigenvalue weighted by Crippen LogP contribution is -2.47. The van der Waals surface area contributed by atoms with Crippen molar-refractivity contribution < 1.29 is 9.59 Å². The van der Waals surface area contributed by atoms with Gasteiger partial charge in [-0.05, 0) is 24.6 Å². The summed E-state index contributed by atoms with van der Waals surface area (Å²) >= 11 is 1.47. The third kappa shape index (κ3) is 4.63. The van der Waals surface area contributed by atoms with Crippen LogP contribution in [0.15, 0.2) is 53.9 Å². The fraction of sp³-hybridized carbons (Fsp3) is 0.227. The van der Waals surface area contributed by atoms with Gasteiger partial charge in [-0.25, -0.2) is 4.98 Å². The Labute approximate surface area is 173 Å². The summed E-state index contributed by atoms with van der Waals surface area (Å²) in [6.45, 7) is 4.31. The maximum absolute atomic E-state index is 12.4. The van der Waals surface area contributed by atoms with Crippen molar-refractivity contribution in [1.82, 2.24) is 15.6 Å². The van der Waals surface area contributed by atoms with Crippen LogP contribution in [-0.4, -0.2) is 36.4 Å². The van der Waals surface area contributed by atoms with Crippen LogP contribution in [0.4, 0.5) is 5.69 Å². The van der Waals surface area contributed by atoms with Crippen LogP contribution in [0.5, 0.6) is 0 Å². The second kappa shape index (κ2) is 8.45. The van der Waals surface area contributed by atoms with Crippen LogP contribution >= 0.6 is 11.3 Å². The van der Waals surface area contributed by atoms with Crippen LogP contribution in [0.3, 0.4) is 0 Å². The Bertz CT molecular complexity index is 1010. The van der Waals surface area contributed by atoms with Gasteiger partial charge in [-0.15, -0.1) is 11.3 Å². The molecule has 29 heavy (non-hydrogen) atoms. The number of piperazine rings is 1. The van der Waals surface area contributed by atoms with E-state index in [4.69, 9.17) is 0 Å². The van der Waals surface area contributed by atoms with Gasteiger partial charge in [0.25, 0.3) is 5.91 Å². The minimum atomic E-state index is -0.184. The van der Waals surface area contributed by atoms with Gasteiger partial charge < -0.3 is 15.5 Å². The Kier molecular flexibility index (Phi) is 5.57. The van der Waals surface area contributed by atoms with Crippen LogP contribution in [0.25, 0.3) is 10.6 Å². The quantitative estimate of drug-likeness (QED) is 0.683. The highest BCUT2D eigenvalue weighted by Crippen LogP contribution is 2.24. The van der Waals surface area contributed by atoms with Crippen LogP contribution in [0.2, 0.25) is 0 Å². The second-order valence-electron chi connectivity index (χ2n) is 7.02. The van der Waals surface area contributed by atoms with Gasteiger partial charge >= 0.3 is 0 Å². The highest BCUT2D eigenvalue weighted by molar-refractivity contribution is 7.13. The zero-order valence-corrected chi connectivity index (χ0v) is 17.0. The molecule has 2 N–H and O–H groups in total. The number of hydrogen-bond donors (Lipinski definition) is 2. The predicted octanol–water partition coefficient (Wildman–Crippen LogP) is 2.98. The van der Waals surface area contributed by atoms with E-state index in [1.807, 2.05) is 60.4 Å². The molecule has 0 unspecified atom stereocenters. The van der Waals surface area contributed by atoms with Crippen molar-refractivity contribution in [1.29, 1.82) is 0 Å². The van der Waals surface area contributed by atoms with Crippen LogP contribution in [-0.2, 0) is 11.3 Å². The molecule has 6 nitrogen and oxygen atoms in total. The van der Waals surface area contributed by atoms with Crippen molar-refractivity contribution in [2.45, 2.75) is 13.5 Å². The third-order valence-electron chi connectivity index (χ3n) is 4.83. The maximum Gasteiger partial charge on any atom is 0.271 e. The van der Waals surface area contributed by atoms with Gasteiger partial charge in [0.1, 0.15) is 10.7 Å². The second-order valence-corrected chi connectivity index (χ2v) is 7.88. The summed E-state index contributed by atoms with van der Waals surface area (Å²) < 4.78 is 0. The van der Waals surface area contributed by atoms with Gasteiger partial charge in [-0.3, -0.25) is 9.59 Å². The Morgan fingerprint density at radius 1 is 1.17 bits per heavy atom. The summed E-state index contributed by atoms with van der Waals surface area (Å²) in [4.78, 5) is 30.5. The highest BCUT2D eigenvalue weighted by Gasteiger charge is 2.16. The number of aromatic nitrogens is 1. The first-order valence-electron chi connectivity index (χ1n) is 9.50. The van der Waals surface area contributed by atoms with Crippen LogP contribution in [0.1, 0.15) is 21.6 Å². The van der Waals surface area contributed by atoms with E-state index in [2.05, 4.69) is 15.6 Å². The molecule has 2 heterocycles. The zero-order valence-electron chi connectivity index (χ0n) is 16.1. The normalized spacial score (nSPS) is 13.8. The minimum absolute atomic E-state index is 0.0425. The van der Waals surface area contributed by atoms with Crippen molar-refractivity contribution in [2.75, 3.05) is 24.5 Å². The number of carbonyl (C=O) groups is 2. The highest BCUT2D eigenvalue weighted by atomic mass is 32.1. The molecular weight excluding hydrogens is 384 g/mol. The van der Waals surface area contributed by atoms with E-state index in [1.165, 1.54) is 16.9 Å². The first-order valence-corrected chi connectivity index (χ1v) is 10.4. The average molecular weight is 407 g/mol. The minimum Gasteiger partial charge on any atom is -0.360 e. The number of rotatable bonds is 5. The molecule has 1 aliphatic heterocycles. The van der Waals surface area contributed by atoms with Crippen molar-refractivity contribution in [3.05, 3.63) is 70.7 Å². The fourth-order valence-corrected chi connectivity index (χ4v) is 3.97. The lowest BCUT2D eigenvalue weighted by Gasteiger charge is -2.28. The van der Waals surface area contributed by atoms with E-state index in [9.17, 15) is 9.59 Å². The van der Waals surface area contributed by atoms with Gasteiger partial charge in [-0.1, -0.05) is 42.0 Å². The molecule has 3 aromatic rings. The van der Waals surface area contributed by atoms with Gasteiger partial charge in [-0.2, -0.15) is 0 Å². The number of aryl methyl sites for hydroxylation is 1. The van der Waals surface area contributed by atoms with E-state index in [0.29, 0.717) is 25.3 Å². The van der Waals surface area contributed by atoms with Gasteiger partial charge in [0, 0.05) is 36.3 Å². The van der Waals surface area contributed by atoms with Crippen molar-refractivity contribution in [2.24, 2.45) is 0 Å². The summed E-state index contributed by atoms with van der Waals surface area (Å²) in [6.07, 6.45) is 0. The summed E-state index contributed by atoms with van der Waals surface area (Å²) in [6, 6.07) is 16.0. The van der Waals surface area contributed by atoms with Crippen molar-refractivity contribution >= 4 is 28.8 Å².